The number of nitrogens with zero attached hydrogens (tertiary/aromatic N) is 1. The summed E-state index contributed by atoms with van der Waals surface area (Å²) >= 11 is 0. The van der Waals surface area contributed by atoms with Crippen LogP contribution in [0.15, 0.2) is 70.3 Å². The van der Waals surface area contributed by atoms with Crippen LogP contribution in [0.1, 0.15) is 5.56 Å². The molecule has 0 saturated carbocycles. The quantitative estimate of drug-likeness (QED) is 0.668. The van der Waals surface area contributed by atoms with Gasteiger partial charge in [-0.05, 0) is 31.2 Å². The molecule has 0 aromatic heterocycles. The number of rotatable bonds is 4. The van der Waals surface area contributed by atoms with Gasteiger partial charge in [0.15, 0.2) is 0 Å². The van der Waals surface area contributed by atoms with Gasteiger partial charge >= 0.3 is 0 Å². The second-order valence-electron chi connectivity index (χ2n) is 4.60. The van der Waals surface area contributed by atoms with E-state index >= 15 is 0 Å². The molecule has 2 N–H and O–H groups in total. The van der Waals surface area contributed by atoms with Crippen LogP contribution in [0.2, 0.25) is 0 Å². The largest absolute Gasteiger partial charge is 0.493 e. The van der Waals surface area contributed by atoms with E-state index in [4.69, 9.17) is 5.26 Å². The lowest BCUT2D eigenvalue weighted by Crippen LogP contribution is -2.11. The van der Waals surface area contributed by atoms with Crippen LogP contribution in [-0.2, 0) is 9.84 Å². The fourth-order valence-corrected chi connectivity index (χ4v) is 2.95. The number of anilines is 1. The van der Waals surface area contributed by atoms with Crippen molar-refractivity contribution in [1.29, 1.82) is 5.26 Å². The maximum absolute atomic E-state index is 12.4. The molecule has 2 aromatic carbocycles. The summed E-state index contributed by atoms with van der Waals surface area (Å²) in [6.07, 6.45) is 0. The molecule has 0 bridgehead atoms. The second kappa shape index (κ2) is 6.33. The van der Waals surface area contributed by atoms with Gasteiger partial charge in [0.1, 0.15) is 6.07 Å². The van der Waals surface area contributed by atoms with Crippen LogP contribution in [0, 0.1) is 18.3 Å². The first kappa shape index (κ1) is 15.6. The summed E-state index contributed by atoms with van der Waals surface area (Å²) in [5, 5.41) is 21.6. The third-order valence-electron chi connectivity index (χ3n) is 2.95. The zero-order valence-electron chi connectivity index (χ0n) is 11.8. The van der Waals surface area contributed by atoms with Gasteiger partial charge in [-0.25, -0.2) is 8.42 Å². The summed E-state index contributed by atoms with van der Waals surface area (Å²) in [5.41, 5.74) is 1.37. The van der Waals surface area contributed by atoms with E-state index in [9.17, 15) is 13.5 Å². The summed E-state index contributed by atoms with van der Waals surface area (Å²) in [4.78, 5) is -0.767. The predicted octanol–water partition coefficient (Wildman–Crippen LogP) is 3.13. The highest BCUT2D eigenvalue weighted by Gasteiger charge is 2.25. The van der Waals surface area contributed by atoms with Crippen molar-refractivity contribution in [2.24, 2.45) is 0 Å². The van der Waals surface area contributed by atoms with Gasteiger partial charge in [0, 0.05) is 5.69 Å². The third-order valence-corrected chi connectivity index (χ3v) is 4.67. The number of hydrogen-bond acceptors (Lipinski definition) is 5. The molecule has 0 aliphatic heterocycles. The molecule has 5 nitrogen and oxygen atoms in total. The Labute approximate surface area is 129 Å². The van der Waals surface area contributed by atoms with Crippen molar-refractivity contribution in [2.75, 3.05) is 5.32 Å². The molecule has 0 atom stereocenters. The molecule has 0 unspecified atom stereocenters. The van der Waals surface area contributed by atoms with Crippen LogP contribution in [0.5, 0.6) is 0 Å². The van der Waals surface area contributed by atoms with Gasteiger partial charge in [0.05, 0.1) is 4.90 Å². The summed E-state index contributed by atoms with van der Waals surface area (Å²) < 4.78 is 24.9. The number of nitriles is 1. The fourth-order valence-electron chi connectivity index (χ4n) is 1.79. The highest BCUT2D eigenvalue weighted by atomic mass is 32.2. The number of para-hydroxylation sites is 1. The fraction of sp³-hybridized carbons (Fsp3) is 0.0625. The van der Waals surface area contributed by atoms with Gasteiger partial charge in [-0.1, -0.05) is 35.9 Å². The van der Waals surface area contributed by atoms with Crippen LogP contribution in [0.25, 0.3) is 0 Å². The van der Waals surface area contributed by atoms with Crippen LogP contribution >= 0.6 is 0 Å². The highest BCUT2D eigenvalue weighted by Crippen LogP contribution is 2.22. The lowest BCUT2D eigenvalue weighted by atomic mass is 10.2. The number of sulfone groups is 1. The van der Waals surface area contributed by atoms with Crippen LogP contribution < -0.4 is 5.32 Å². The molecule has 0 aliphatic rings. The maximum Gasteiger partial charge on any atom is 0.221 e. The van der Waals surface area contributed by atoms with Gasteiger partial charge in [-0.2, -0.15) is 5.26 Å². The smallest absolute Gasteiger partial charge is 0.221 e. The monoisotopic (exact) mass is 314 g/mol. The number of hydrogen-bond donors (Lipinski definition) is 2. The van der Waals surface area contributed by atoms with E-state index < -0.39 is 20.6 Å². The third kappa shape index (κ3) is 3.27. The Kier molecular flexibility index (Phi) is 4.49. The predicted molar refractivity (Wildman–Crippen MR) is 83.7 cm³/mol. The first-order valence-corrected chi connectivity index (χ1v) is 7.90. The number of nitrogens with one attached hydrogen (secondary N) is 1. The zero-order chi connectivity index (χ0) is 16.2. The van der Waals surface area contributed by atoms with Crippen molar-refractivity contribution >= 4 is 15.5 Å². The van der Waals surface area contributed by atoms with Crippen molar-refractivity contribution in [3.8, 4) is 6.07 Å². The second-order valence-corrected chi connectivity index (χ2v) is 6.48. The Morgan fingerprint density at radius 3 is 2.23 bits per heavy atom. The van der Waals surface area contributed by atoms with Crippen molar-refractivity contribution in [3.05, 3.63) is 70.9 Å². The van der Waals surface area contributed by atoms with Gasteiger partial charge in [0.25, 0.3) is 0 Å². The van der Waals surface area contributed by atoms with Crippen molar-refractivity contribution in [2.45, 2.75) is 11.8 Å². The number of aryl methyl sites for hydroxylation is 1. The number of benzene rings is 2. The summed E-state index contributed by atoms with van der Waals surface area (Å²) in [7, 11) is -4.08. The highest BCUT2D eigenvalue weighted by molar-refractivity contribution is 7.95. The Morgan fingerprint density at radius 1 is 1.09 bits per heavy atom. The van der Waals surface area contributed by atoms with Gasteiger partial charge in [0.2, 0.25) is 20.6 Å². The van der Waals surface area contributed by atoms with E-state index in [1.165, 1.54) is 12.1 Å². The molecule has 2 rings (SSSR count). The lowest BCUT2D eigenvalue weighted by Gasteiger charge is -2.08. The van der Waals surface area contributed by atoms with Gasteiger partial charge in [-0.3, -0.25) is 0 Å². The van der Waals surface area contributed by atoms with E-state index in [0.717, 1.165) is 5.56 Å². The molecule has 0 saturated heterocycles. The van der Waals surface area contributed by atoms with Gasteiger partial charge in [-0.15, -0.1) is 0 Å². The van der Waals surface area contributed by atoms with Crippen LogP contribution in [0.4, 0.5) is 5.69 Å². The van der Waals surface area contributed by atoms with Crippen LogP contribution in [-0.4, -0.2) is 13.5 Å². The molecule has 0 radical (unpaired) electrons. The van der Waals surface area contributed by atoms with Crippen molar-refractivity contribution in [3.63, 3.8) is 0 Å². The van der Waals surface area contributed by atoms with E-state index in [-0.39, 0.29) is 4.90 Å². The standard InChI is InChI=1S/C16H14N2O3S/c1-12-7-9-14(10-8-12)22(20,21)15(11-17)16(19)18-13-5-3-2-4-6-13/h2-10,18-19H,1H3/b16-15-. The maximum atomic E-state index is 12.4. The topological polar surface area (TPSA) is 90.2 Å². The minimum atomic E-state index is -4.08. The molecule has 0 spiro atoms. The molecule has 0 amide bonds. The van der Waals surface area contributed by atoms with Crippen molar-refractivity contribution in [1.82, 2.24) is 0 Å². The Morgan fingerprint density at radius 2 is 1.68 bits per heavy atom. The lowest BCUT2D eigenvalue weighted by molar-refractivity contribution is 0.417. The molecule has 22 heavy (non-hydrogen) atoms. The van der Waals surface area contributed by atoms with Gasteiger partial charge < -0.3 is 10.4 Å². The number of allylic oxidation sites excluding steroid dienone is 1. The molecule has 6 heteroatoms. The SMILES string of the molecule is Cc1ccc(S(=O)(=O)/C(C#N)=C(\O)Nc2ccccc2)cc1. The number of aliphatic hydroxyl groups excluding tert-OH is 1. The minimum absolute atomic E-state index is 0.0453. The summed E-state index contributed by atoms with van der Waals surface area (Å²) in [5.74, 6) is -0.700. The molecular weight excluding hydrogens is 300 g/mol. The first-order valence-electron chi connectivity index (χ1n) is 6.42. The van der Waals surface area contributed by atoms with Crippen LogP contribution in [0.3, 0.4) is 0 Å². The Bertz CT molecular complexity index is 833. The van der Waals surface area contributed by atoms with E-state index in [1.807, 2.05) is 6.92 Å². The molecule has 112 valence electrons. The molecular formula is C16H14N2O3S. The Balaban J connectivity index is 2.44. The average molecular weight is 314 g/mol. The number of aliphatic hydroxyl groups is 1. The van der Waals surface area contributed by atoms with E-state index in [2.05, 4.69) is 5.32 Å². The van der Waals surface area contributed by atoms with Crippen molar-refractivity contribution < 1.29 is 13.5 Å². The normalized spacial score (nSPS) is 12.2. The first-order chi connectivity index (χ1) is 10.4. The molecule has 0 fully saturated rings. The zero-order valence-corrected chi connectivity index (χ0v) is 12.6. The minimum Gasteiger partial charge on any atom is -0.493 e. The van der Waals surface area contributed by atoms with E-state index in [0.29, 0.717) is 5.69 Å². The summed E-state index contributed by atoms with van der Waals surface area (Å²) in [6.45, 7) is 1.83. The Hall–Kier alpha value is -2.78. The average Bonchev–Trinajstić information content (AvgIpc) is 2.49. The summed E-state index contributed by atoms with van der Waals surface area (Å²) in [6, 6.07) is 16.1. The molecule has 2 aromatic rings. The van der Waals surface area contributed by atoms with E-state index in [1.54, 1.807) is 48.5 Å². The molecule has 0 heterocycles. The molecule has 0 aliphatic carbocycles.